The Morgan fingerprint density at radius 2 is 0.588 bits per heavy atom. The van der Waals surface area contributed by atoms with Crippen LogP contribution in [-0.4, -0.2) is 22.2 Å². The molecule has 0 aliphatic heterocycles. The lowest BCUT2D eigenvalue weighted by molar-refractivity contribution is -0.136. The SMILES string of the molecule is CCCCCCCCCCCCCC(C(=O)O)=C(CCCCCCCCCCCCC)C(=O)O. The smallest absolute Gasteiger partial charge is 0.332 e. The van der Waals surface area contributed by atoms with E-state index in [-0.39, 0.29) is 11.1 Å². The summed E-state index contributed by atoms with van der Waals surface area (Å²) in [5, 5.41) is 19.2. The van der Waals surface area contributed by atoms with Gasteiger partial charge in [-0.1, -0.05) is 142 Å². The van der Waals surface area contributed by atoms with Gasteiger partial charge in [0.2, 0.25) is 0 Å². The summed E-state index contributed by atoms with van der Waals surface area (Å²) < 4.78 is 0. The molecule has 0 saturated heterocycles. The van der Waals surface area contributed by atoms with Crippen molar-refractivity contribution in [1.82, 2.24) is 0 Å². The maximum absolute atomic E-state index is 11.7. The van der Waals surface area contributed by atoms with Crippen LogP contribution in [-0.2, 0) is 9.59 Å². The minimum atomic E-state index is -1.05. The fourth-order valence-electron chi connectivity index (χ4n) is 4.71. The molecule has 0 radical (unpaired) electrons. The van der Waals surface area contributed by atoms with Gasteiger partial charge in [0.05, 0.1) is 0 Å². The second kappa shape index (κ2) is 24.8. The molecule has 0 bridgehead atoms. The number of unbranched alkanes of at least 4 members (excludes halogenated alkanes) is 20. The number of carboxylic acids is 2. The van der Waals surface area contributed by atoms with Crippen LogP contribution in [0.2, 0.25) is 0 Å². The summed E-state index contributed by atoms with van der Waals surface area (Å²) in [5.41, 5.74) is 0.269. The van der Waals surface area contributed by atoms with Crippen molar-refractivity contribution in [3.05, 3.63) is 11.1 Å². The second-order valence-electron chi connectivity index (χ2n) is 10.1. The summed E-state index contributed by atoms with van der Waals surface area (Å²) in [6.07, 6.45) is 27.3. The first-order valence-electron chi connectivity index (χ1n) is 14.7. The van der Waals surface area contributed by atoms with Gasteiger partial charge in [-0.05, 0) is 25.7 Å². The molecule has 0 rings (SSSR count). The van der Waals surface area contributed by atoms with Gasteiger partial charge in [0.25, 0.3) is 0 Å². The molecule has 0 atom stereocenters. The highest BCUT2D eigenvalue weighted by Gasteiger charge is 2.19. The Morgan fingerprint density at radius 3 is 0.794 bits per heavy atom. The van der Waals surface area contributed by atoms with Crippen LogP contribution in [0.4, 0.5) is 0 Å². The first-order chi connectivity index (χ1) is 16.5. The average molecular weight is 481 g/mol. The molecular formula is C30H56O4. The largest absolute Gasteiger partial charge is 0.478 e. The van der Waals surface area contributed by atoms with Crippen LogP contribution in [0.5, 0.6) is 0 Å². The van der Waals surface area contributed by atoms with Gasteiger partial charge < -0.3 is 10.2 Å². The Hall–Kier alpha value is -1.32. The van der Waals surface area contributed by atoms with Crippen LogP contribution >= 0.6 is 0 Å². The van der Waals surface area contributed by atoms with Crippen LogP contribution in [0.3, 0.4) is 0 Å². The zero-order valence-electron chi connectivity index (χ0n) is 22.7. The molecule has 0 unspecified atom stereocenters. The second-order valence-corrected chi connectivity index (χ2v) is 10.1. The van der Waals surface area contributed by atoms with Gasteiger partial charge in [-0.25, -0.2) is 9.59 Å². The van der Waals surface area contributed by atoms with E-state index in [4.69, 9.17) is 0 Å². The molecule has 0 aromatic rings. The van der Waals surface area contributed by atoms with Gasteiger partial charge in [0.15, 0.2) is 0 Å². The third kappa shape index (κ3) is 20.1. The van der Waals surface area contributed by atoms with E-state index in [2.05, 4.69) is 13.8 Å². The molecular weight excluding hydrogens is 424 g/mol. The molecule has 0 aliphatic carbocycles. The molecule has 2 N–H and O–H groups in total. The van der Waals surface area contributed by atoms with Crippen LogP contribution in [0.15, 0.2) is 11.1 Å². The lowest BCUT2D eigenvalue weighted by Crippen LogP contribution is -2.12. The van der Waals surface area contributed by atoms with E-state index >= 15 is 0 Å². The summed E-state index contributed by atoms with van der Waals surface area (Å²) in [6, 6.07) is 0. The number of aliphatic carboxylic acids is 2. The lowest BCUT2D eigenvalue weighted by atomic mass is 9.96. The predicted octanol–water partition coefficient (Wildman–Crippen LogP) is 9.85. The topological polar surface area (TPSA) is 74.6 Å². The van der Waals surface area contributed by atoms with E-state index in [0.717, 1.165) is 38.5 Å². The number of rotatable bonds is 26. The quantitative estimate of drug-likeness (QED) is 0.0954. The van der Waals surface area contributed by atoms with Crippen LogP contribution in [0, 0.1) is 0 Å². The Morgan fingerprint density at radius 1 is 0.382 bits per heavy atom. The molecule has 0 amide bonds. The molecule has 200 valence electrons. The van der Waals surface area contributed by atoms with Crippen molar-refractivity contribution in [3.63, 3.8) is 0 Å². The fraction of sp³-hybridized carbons (Fsp3) is 0.867. The van der Waals surface area contributed by atoms with Crippen molar-refractivity contribution in [3.8, 4) is 0 Å². The first-order valence-corrected chi connectivity index (χ1v) is 14.7. The van der Waals surface area contributed by atoms with Crippen LogP contribution < -0.4 is 0 Å². The van der Waals surface area contributed by atoms with Gasteiger partial charge >= 0.3 is 11.9 Å². The summed E-state index contributed by atoms with van der Waals surface area (Å²) in [5.74, 6) is -2.10. The highest BCUT2D eigenvalue weighted by molar-refractivity contribution is 5.98. The molecule has 0 fully saturated rings. The number of hydrogen-bond donors (Lipinski definition) is 2. The molecule has 0 aromatic heterocycles. The predicted molar refractivity (Wildman–Crippen MR) is 144 cm³/mol. The molecule has 0 saturated carbocycles. The van der Waals surface area contributed by atoms with E-state index in [0.29, 0.717) is 12.8 Å². The minimum Gasteiger partial charge on any atom is -0.478 e. The van der Waals surface area contributed by atoms with Crippen molar-refractivity contribution in [1.29, 1.82) is 0 Å². The first kappa shape index (κ1) is 32.7. The van der Waals surface area contributed by atoms with E-state index in [1.165, 1.54) is 103 Å². The minimum absolute atomic E-state index is 0.135. The van der Waals surface area contributed by atoms with Crippen LogP contribution in [0.1, 0.15) is 168 Å². The van der Waals surface area contributed by atoms with Crippen LogP contribution in [0.25, 0.3) is 0 Å². The Kier molecular flexibility index (Phi) is 23.8. The molecule has 0 heterocycles. The molecule has 0 spiro atoms. The fourth-order valence-corrected chi connectivity index (χ4v) is 4.71. The highest BCUT2D eigenvalue weighted by Crippen LogP contribution is 2.21. The molecule has 34 heavy (non-hydrogen) atoms. The summed E-state index contributed by atoms with van der Waals surface area (Å²) in [4.78, 5) is 23.5. The monoisotopic (exact) mass is 480 g/mol. The average Bonchev–Trinajstić information content (AvgIpc) is 2.81. The molecule has 4 heteroatoms. The number of carbonyl (C=O) groups is 2. The van der Waals surface area contributed by atoms with Crippen molar-refractivity contribution in [2.45, 2.75) is 168 Å². The van der Waals surface area contributed by atoms with Gasteiger partial charge in [-0.15, -0.1) is 0 Å². The van der Waals surface area contributed by atoms with Crippen molar-refractivity contribution in [2.24, 2.45) is 0 Å². The van der Waals surface area contributed by atoms with Gasteiger partial charge in [-0.3, -0.25) is 0 Å². The Labute approximate surface area is 211 Å². The standard InChI is InChI=1S/C30H56O4/c1-3-5-7-9-11-13-15-17-19-21-23-25-27(29(31)32)28(30(33)34)26-24-22-20-18-16-14-12-10-8-6-4-2/h3-26H2,1-2H3,(H,31,32)(H,33,34). The third-order valence-corrected chi connectivity index (χ3v) is 6.94. The summed E-state index contributed by atoms with van der Waals surface area (Å²) >= 11 is 0. The van der Waals surface area contributed by atoms with Crippen molar-refractivity contribution < 1.29 is 19.8 Å². The van der Waals surface area contributed by atoms with E-state index in [1.54, 1.807) is 0 Å². The number of hydrogen-bond acceptors (Lipinski definition) is 2. The zero-order valence-corrected chi connectivity index (χ0v) is 22.7. The summed E-state index contributed by atoms with van der Waals surface area (Å²) in [6.45, 7) is 4.48. The molecule has 0 aliphatic rings. The van der Waals surface area contributed by atoms with E-state index < -0.39 is 11.9 Å². The van der Waals surface area contributed by atoms with E-state index in [1.807, 2.05) is 0 Å². The molecule has 4 nitrogen and oxygen atoms in total. The number of carboxylic acid groups (broad SMARTS) is 2. The maximum atomic E-state index is 11.7. The maximum Gasteiger partial charge on any atom is 0.332 e. The lowest BCUT2D eigenvalue weighted by Gasteiger charge is -2.10. The van der Waals surface area contributed by atoms with E-state index in [9.17, 15) is 19.8 Å². The molecule has 0 aromatic carbocycles. The van der Waals surface area contributed by atoms with Crippen molar-refractivity contribution in [2.75, 3.05) is 0 Å². The summed E-state index contributed by atoms with van der Waals surface area (Å²) in [7, 11) is 0. The Balaban J connectivity index is 4.05. The highest BCUT2D eigenvalue weighted by atomic mass is 16.4. The van der Waals surface area contributed by atoms with Gasteiger partial charge in [0, 0.05) is 11.1 Å². The zero-order chi connectivity index (χ0) is 25.3. The Bertz CT molecular complexity index is 478. The van der Waals surface area contributed by atoms with Gasteiger partial charge in [0.1, 0.15) is 0 Å². The normalized spacial score (nSPS) is 12.1. The van der Waals surface area contributed by atoms with Crippen molar-refractivity contribution >= 4 is 11.9 Å². The third-order valence-electron chi connectivity index (χ3n) is 6.94. The van der Waals surface area contributed by atoms with Gasteiger partial charge in [-0.2, -0.15) is 0 Å².